The van der Waals surface area contributed by atoms with E-state index in [0.29, 0.717) is 39.1 Å². The molecule has 1 aliphatic heterocycles. The van der Waals surface area contributed by atoms with Gasteiger partial charge in [0, 0.05) is 5.92 Å². The van der Waals surface area contributed by atoms with Crippen LogP contribution in [0.3, 0.4) is 0 Å². The first-order valence-electron chi connectivity index (χ1n) is 12.9. The Hall–Kier alpha value is -2.55. The second kappa shape index (κ2) is 14.4. The number of allylic oxidation sites excluding steroid dienone is 1. The van der Waals surface area contributed by atoms with Crippen molar-refractivity contribution in [1.29, 1.82) is 0 Å². The summed E-state index contributed by atoms with van der Waals surface area (Å²) in [5, 5.41) is 20.9. The van der Waals surface area contributed by atoms with Gasteiger partial charge in [0.05, 0.1) is 51.8 Å². The first kappa shape index (κ1) is 29.0. The number of carbonyl (C=O) groups is 1. The molecular weight excluding hydrogens is 472 g/mol. The SMILES string of the molecule is COc1ccc(COC[C@@H]2CC[C@@H](O)[C@](C)(/C=C/C(=O)[C@@H](C)C[C@@H](O)COCc3ccccc3)O2)cc1. The van der Waals surface area contributed by atoms with E-state index < -0.39 is 17.8 Å². The summed E-state index contributed by atoms with van der Waals surface area (Å²) in [6.07, 6.45) is 2.98. The van der Waals surface area contributed by atoms with Gasteiger partial charge in [0.15, 0.2) is 5.78 Å². The predicted molar refractivity (Wildman–Crippen MR) is 141 cm³/mol. The molecule has 37 heavy (non-hydrogen) atoms. The molecule has 2 aromatic carbocycles. The smallest absolute Gasteiger partial charge is 0.158 e. The van der Waals surface area contributed by atoms with E-state index in [1.807, 2.05) is 54.6 Å². The first-order valence-corrected chi connectivity index (χ1v) is 12.9. The number of rotatable bonds is 14. The third-order valence-corrected chi connectivity index (χ3v) is 6.69. The molecule has 7 heteroatoms. The van der Waals surface area contributed by atoms with Gasteiger partial charge in [-0.05, 0) is 61.6 Å². The van der Waals surface area contributed by atoms with Gasteiger partial charge in [-0.25, -0.2) is 0 Å². The lowest BCUT2D eigenvalue weighted by molar-refractivity contribution is -0.171. The Labute approximate surface area is 220 Å². The highest BCUT2D eigenvalue weighted by atomic mass is 16.6. The van der Waals surface area contributed by atoms with Crippen molar-refractivity contribution in [2.45, 2.75) is 70.2 Å². The number of hydrogen-bond donors (Lipinski definition) is 2. The molecule has 0 aliphatic carbocycles. The van der Waals surface area contributed by atoms with E-state index in [-0.39, 0.29) is 24.4 Å². The quantitative estimate of drug-likeness (QED) is 0.366. The molecule has 0 aromatic heterocycles. The first-order chi connectivity index (χ1) is 17.8. The molecule has 1 aliphatic rings. The molecule has 5 atom stereocenters. The van der Waals surface area contributed by atoms with Gasteiger partial charge in [-0.2, -0.15) is 0 Å². The highest BCUT2D eigenvalue weighted by Crippen LogP contribution is 2.31. The van der Waals surface area contributed by atoms with Crippen molar-refractivity contribution < 1.29 is 34.0 Å². The molecular formula is C30H40O7. The summed E-state index contributed by atoms with van der Waals surface area (Å²) in [6, 6.07) is 17.4. The van der Waals surface area contributed by atoms with Crippen LogP contribution in [0.25, 0.3) is 0 Å². The summed E-state index contributed by atoms with van der Waals surface area (Å²) in [5.74, 6) is 0.280. The van der Waals surface area contributed by atoms with Crippen molar-refractivity contribution >= 4 is 5.78 Å². The molecule has 0 spiro atoms. The minimum atomic E-state index is -0.987. The van der Waals surface area contributed by atoms with E-state index in [4.69, 9.17) is 18.9 Å². The molecule has 1 saturated heterocycles. The van der Waals surface area contributed by atoms with E-state index in [9.17, 15) is 15.0 Å². The fourth-order valence-electron chi connectivity index (χ4n) is 4.32. The van der Waals surface area contributed by atoms with Crippen molar-refractivity contribution in [2.24, 2.45) is 5.92 Å². The third kappa shape index (κ3) is 9.36. The fraction of sp³-hybridized carbons (Fsp3) is 0.500. The Morgan fingerprint density at radius 3 is 2.46 bits per heavy atom. The standard InChI is InChI=1S/C30H40O7/c1-22(17-25(31)20-35-18-23-7-5-4-6-8-23)28(32)15-16-30(2)29(33)14-13-27(37-30)21-36-19-24-9-11-26(34-3)12-10-24/h4-12,15-16,22,25,27,29,31,33H,13-14,17-21H2,1-3H3/b16-15+/t22-,25+,27-,29+,30-/m0/s1. The molecule has 202 valence electrons. The Balaban J connectivity index is 1.42. The van der Waals surface area contributed by atoms with Gasteiger partial charge in [-0.3, -0.25) is 4.79 Å². The van der Waals surface area contributed by atoms with Gasteiger partial charge < -0.3 is 29.2 Å². The Kier molecular flexibility index (Phi) is 11.3. The normalized spacial score (nSPS) is 23.6. The van der Waals surface area contributed by atoms with Crippen LogP contribution in [-0.2, 0) is 32.2 Å². The van der Waals surface area contributed by atoms with E-state index in [2.05, 4.69) is 0 Å². The highest BCUT2D eigenvalue weighted by molar-refractivity contribution is 5.91. The Morgan fingerprint density at radius 1 is 1.08 bits per heavy atom. The lowest BCUT2D eigenvalue weighted by Gasteiger charge is -2.40. The largest absolute Gasteiger partial charge is 0.497 e. The molecule has 0 unspecified atom stereocenters. The second-order valence-corrected chi connectivity index (χ2v) is 9.91. The second-order valence-electron chi connectivity index (χ2n) is 9.91. The van der Waals surface area contributed by atoms with Gasteiger partial charge in [0.1, 0.15) is 11.4 Å². The van der Waals surface area contributed by atoms with Gasteiger partial charge in [0.2, 0.25) is 0 Å². The van der Waals surface area contributed by atoms with Crippen LogP contribution in [0.2, 0.25) is 0 Å². The molecule has 2 aromatic rings. The molecule has 2 N–H and O–H groups in total. The van der Waals surface area contributed by atoms with E-state index in [0.717, 1.165) is 16.9 Å². The minimum Gasteiger partial charge on any atom is -0.497 e. The monoisotopic (exact) mass is 512 g/mol. The fourth-order valence-corrected chi connectivity index (χ4v) is 4.32. The zero-order chi connectivity index (χ0) is 26.7. The average Bonchev–Trinajstić information content (AvgIpc) is 2.90. The van der Waals surface area contributed by atoms with E-state index in [1.165, 1.54) is 6.08 Å². The lowest BCUT2D eigenvalue weighted by atomic mass is 9.88. The number of ether oxygens (including phenoxy) is 4. The van der Waals surface area contributed by atoms with Crippen molar-refractivity contribution in [3.8, 4) is 5.75 Å². The molecule has 0 bridgehead atoms. The van der Waals surface area contributed by atoms with E-state index in [1.54, 1.807) is 27.0 Å². The van der Waals surface area contributed by atoms with Crippen molar-refractivity contribution in [1.82, 2.24) is 0 Å². The van der Waals surface area contributed by atoms with E-state index >= 15 is 0 Å². The van der Waals surface area contributed by atoms with Crippen LogP contribution in [0.5, 0.6) is 5.75 Å². The molecule has 0 radical (unpaired) electrons. The summed E-state index contributed by atoms with van der Waals surface area (Å²) in [7, 11) is 1.63. The van der Waals surface area contributed by atoms with Crippen LogP contribution in [0.1, 0.15) is 44.2 Å². The van der Waals surface area contributed by atoms with Crippen molar-refractivity contribution in [2.75, 3.05) is 20.3 Å². The molecule has 7 nitrogen and oxygen atoms in total. The van der Waals surface area contributed by atoms with Crippen LogP contribution >= 0.6 is 0 Å². The van der Waals surface area contributed by atoms with Gasteiger partial charge in [-0.1, -0.05) is 49.4 Å². The van der Waals surface area contributed by atoms with Crippen molar-refractivity contribution in [3.63, 3.8) is 0 Å². The number of benzene rings is 2. The number of methoxy groups -OCH3 is 1. The molecule has 3 rings (SSSR count). The number of ketones is 1. The van der Waals surface area contributed by atoms with Crippen LogP contribution in [0, 0.1) is 5.92 Å². The maximum Gasteiger partial charge on any atom is 0.158 e. The summed E-state index contributed by atoms with van der Waals surface area (Å²) in [5.41, 5.74) is 1.08. The number of aliphatic hydroxyl groups excluding tert-OH is 2. The van der Waals surface area contributed by atoms with Crippen LogP contribution in [-0.4, -0.2) is 60.2 Å². The zero-order valence-electron chi connectivity index (χ0n) is 22.0. The molecule has 0 amide bonds. The zero-order valence-corrected chi connectivity index (χ0v) is 22.0. The summed E-state index contributed by atoms with van der Waals surface area (Å²) >= 11 is 0. The molecule has 1 fully saturated rings. The summed E-state index contributed by atoms with van der Waals surface area (Å²) in [4.78, 5) is 12.7. The van der Waals surface area contributed by atoms with Gasteiger partial charge in [0.25, 0.3) is 0 Å². The predicted octanol–water partition coefficient (Wildman–Crippen LogP) is 4.24. The van der Waals surface area contributed by atoms with Gasteiger partial charge >= 0.3 is 0 Å². The number of aliphatic hydroxyl groups is 2. The molecule has 0 saturated carbocycles. The number of hydrogen-bond acceptors (Lipinski definition) is 7. The van der Waals surface area contributed by atoms with Crippen LogP contribution in [0.4, 0.5) is 0 Å². The lowest BCUT2D eigenvalue weighted by Crippen LogP contribution is -2.49. The number of carbonyl (C=O) groups excluding carboxylic acids is 1. The van der Waals surface area contributed by atoms with Crippen LogP contribution in [0.15, 0.2) is 66.7 Å². The maximum atomic E-state index is 12.7. The topological polar surface area (TPSA) is 94.5 Å². The summed E-state index contributed by atoms with van der Waals surface area (Å²) < 4.78 is 22.8. The maximum absolute atomic E-state index is 12.7. The van der Waals surface area contributed by atoms with Crippen LogP contribution < -0.4 is 4.74 Å². The van der Waals surface area contributed by atoms with Crippen molar-refractivity contribution in [3.05, 3.63) is 77.9 Å². The Morgan fingerprint density at radius 2 is 1.76 bits per heavy atom. The van der Waals surface area contributed by atoms with Gasteiger partial charge in [-0.15, -0.1) is 0 Å². The highest BCUT2D eigenvalue weighted by Gasteiger charge is 2.39. The summed E-state index contributed by atoms with van der Waals surface area (Å²) in [6.45, 7) is 4.98. The average molecular weight is 513 g/mol. The third-order valence-electron chi connectivity index (χ3n) is 6.69. The Bertz CT molecular complexity index is 975. The minimum absolute atomic E-state index is 0.128. The molecule has 1 heterocycles.